The highest BCUT2D eigenvalue weighted by molar-refractivity contribution is 6.17. The molecule has 1 aromatic rings. The highest BCUT2D eigenvalue weighted by Crippen LogP contribution is 2.21. The summed E-state index contributed by atoms with van der Waals surface area (Å²) in [7, 11) is 0. The van der Waals surface area contributed by atoms with Gasteiger partial charge in [0.25, 0.3) is 5.91 Å². The molecule has 0 aliphatic rings. The largest absolute Gasteiger partial charge is 0.508 e. The van der Waals surface area contributed by atoms with Crippen LogP contribution in [0.3, 0.4) is 0 Å². The van der Waals surface area contributed by atoms with Crippen LogP contribution in [-0.4, -0.2) is 28.5 Å². The number of hydrogen-bond donors (Lipinski definition) is 3. The molecule has 0 aliphatic carbocycles. The maximum atomic E-state index is 11.7. The number of rotatable bonds is 7. The highest BCUT2D eigenvalue weighted by Gasteiger charge is 2.10. The Morgan fingerprint density at radius 3 is 2.61 bits per heavy atom. The van der Waals surface area contributed by atoms with Crippen LogP contribution in [-0.2, 0) is 0 Å². The van der Waals surface area contributed by atoms with Crippen LogP contribution in [0, 0.1) is 0 Å². The number of nitrogens with one attached hydrogen (secondary N) is 1. The molecule has 18 heavy (non-hydrogen) atoms. The predicted octanol–water partition coefficient (Wildman–Crippen LogP) is 2.63. The van der Waals surface area contributed by atoms with Crippen molar-refractivity contribution in [1.29, 1.82) is 0 Å². The van der Waals surface area contributed by atoms with Crippen molar-refractivity contribution in [2.75, 3.05) is 12.4 Å². The van der Waals surface area contributed by atoms with Gasteiger partial charge in [-0.1, -0.05) is 12.8 Å². The van der Waals surface area contributed by atoms with Gasteiger partial charge in [-0.15, -0.1) is 11.6 Å². The van der Waals surface area contributed by atoms with Gasteiger partial charge in [0, 0.05) is 12.4 Å². The Labute approximate surface area is 112 Å². The van der Waals surface area contributed by atoms with E-state index in [1.165, 1.54) is 18.2 Å². The van der Waals surface area contributed by atoms with Crippen molar-refractivity contribution >= 4 is 17.5 Å². The number of hydrogen-bond acceptors (Lipinski definition) is 3. The summed E-state index contributed by atoms with van der Waals surface area (Å²) in [5.74, 6) is 0.122. The molecule has 0 fully saturated rings. The molecule has 3 N–H and O–H groups in total. The molecule has 5 heteroatoms. The number of carbonyl (C=O) groups is 1. The molecule has 0 saturated carbocycles. The lowest BCUT2D eigenvalue weighted by Gasteiger charge is -2.07. The van der Waals surface area contributed by atoms with Gasteiger partial charge in [-0.05, 0) is 31.0 Å². The Morgan fingerprint density at radius 2 is 1.89 bits per heavy atom. The van der Waals surface area contributed by atoms with Crippen molar-refractivity contribution < 1.29 is 15.0 Å². The van der Waals surface area contributed by atoms with Crippen molar-refractivity contribution in [2.45, 2.75) is 25.7 Å². The van der Waals surface area contributed by atoms with E-state index >= 15 is 0 Å². The third-order valence-corrected chi connectivity index (χ3v) is 2.84. The minimum absolute atomic E-state index is 0.0416. The predicted molar refractivity (Wildman–Crippen MR) is 71.3 cm³/mol. The molecule has 0 saturated heterocycles. The Kier molecular flexibility index (Phi) is 6.36. The summed E-state index contributed by atoms with van der Waals surface area (Å²) in [6.07, 6.45) is 3.93. The van der Waals surface area contributed by atoms with Crippen molar-refractivity contribution in [1.82, 2.24) is 5.32 Å². The monoisotopic (exact) mass is 271 g/mol. The third-order valence-electron chi connectivity index (χ3n) is 2.57. The molecule has 100 valence electrons. The smallest absolute Gasteiger partial charge is 0.255 e. The number of alkyl halides is 1. The maximum Gasteiger partial charge on any atom is 0.255 e. The third kappa shape index (κ3) is 4.84. The van der Waals surface area contributed by atoms with E-state index in [-0.39, 0.29) is 23.0 Å². The standard InChI is InChI=1S/C13H18ClNO3/c14-7-3-1-2-4-8-15-13(18)11-9-10(16)5-6-12(11)17/h5-6,9,16-17H,1-4,7-8H2,(H,15,18). The highest BCUT2D eigenvalue weighted by atomic mass is 35.5. The summed E-state index contributed by atoms with van der Waals surface area (Å²) >= 11 is 5.56. The topological polar surface area (TPSA) is 69.6 Å². The van der Waals surface area contributed by atoms with Gasteiger partial charge in [0.15, 0.2) is 0 Å². The molecule has 0 radical (unpaired) electrons. The van der Waals surface area contributed by atoms with Gasteiger partial charge in [-0.3, -0.25) is 4.79 Å². The molecule has 0 bridgehead atoms. The van der Waals surface area contributed by atoms with E-state index in [0.717, 1.165) is 25.7 Å². The fourth-order valence-electron chi connectivity index (χ4n) is 1.58. The van der Waals surface area contributed by atoms with Crippen molar-refractivity contribution in [2.24, 2.45) is 0 Å². The van der Waals surface area contributed by atoms with Crippen LogP contribution in [0.15, 0.2) is 18.2 Å². The van der Waals surface area contributed by atoms with E-state index in [1.807, 2.05) is 0 Å². The Hall–Kier alpha value is -1.42. The molecule has 0 spiro atoms. The SMILES string of the molecule is O=C(NCCCCCCCl)c1cc(O)ccc1O. The number of halogens is 1. The van der Waals surface area contributed by atoms with E-state index in [0.29, 0.717) is 12.4 Å². The fourth-order valence-corrected chi connectivity index (χ4v) is 1.77. The van der Waals surface area contributed by atoms with Crippen LogP contribution in [0.25, 0.3) is 0 Å². The lowest BCUT2D eigenvalue weighted by Crippen LogP contribution is -2.24. The van der Waals surface area contributed by atoms with Crippen LogP contribution < -0.4 is 5.32 Å². The Bertz CT molecular complexity index is 396. The lowest BCUT2D eigenvalue weighted by molar-refractivity contribution is 0.0950. The molecule has 4 nitrogen and oxygen atoms in total. The second kappa shape index (κ2) is 7.82. The lowest BCUT2D eigenvalue weighted by atomic mass is 10.1. The van der Waals surface area contributed by atoms with E-state index < -0.39 is 0 Å². The van der Waals surface area contributed by atoms with Crippen molar-refractivity contribution in [3.63, 3.8) is 0 Å². The average Bonchev–Trinajstić information content (AvgIpc) is 2.36. The van der Waals surface area contributed by atoms with Gasteiger partial charge in [0.2, 0.25) is 0 Å². The number of phenols is 2. The van der Waals surface area contributed by atoms with Gasteiger partial charge in [-0.2, -0.15) is 0 Å². The minimum Gasteiger partial charge on any atom is -0.508 e. The van der Waals surface area contributed by atoms with E-state index in [1.54, 1.807) is 0 Å². The van der Waals surface area contributed by atoms with Gasteiger partial charge in [0.1, 0.15) is 11.5 Å². The van der Waals surface area contributed by atoms with Gasteiger partial charge < -0.3 is 15.5 Å². The molecule has 0 aliphatic heterocycles. The van der Waals surface area contributed by atoms with Gasteiger partial charge in [0.05, 0.1) is 5.56 Å². The molecule has 1 rings (SSSR count). The molecular weight excluding hydrogens is 254 g/mol. The molecule has 0 heterocycles. The van der Waals surface area contributed by atoms with Crippen LogP contribution in [0.4, 0.5) is 0 Å². The van der Waals surface area contributed by atoms with Crippen molar-refractivity contribution in [3.8, 4) is 11.5 Å². The second-order valence-corrected chi connectivity index (χ2v) is 4.44. The number of benzene rings is 1. The van der Waals surface area contributed by atoms with E-state index in [2.05, 4.69) is 5.32 Å². The number of carbonyl (C=O) groups excluding carboxylic acids is 1. The van der Waals surface area contributed by atoms with Crippen LogP contribution >= 0.6 is 11.6 Å². The quantitative estimate of drug-likeness (QED) is 0.406. The van der Waals surface area contributed by atoms with Gasteiger partial charge in [-0.25, -0.2) is 0 Å². The summed E-state index contributed by atoms with van der Waals surface area (Å²) in [6.45, 7) is 0.552. The van der Waals surface area contributed by atoms with E-state index in [4.69, 9.17) is 11.6 Å². The zero-order valence-electron chi connectivity index (χ0n) is 10.2. The van der Waals surface area contributed by atoms with Crippen LogP contribution in [0.2, 0.25) is 0 Å². The molecule has 0 atom stereocenters. The first-order chi connectivity index (χ1) is 8.65. The molecule has 0 aromatic heterocycles. The van der Waals surface area contributed by atoms with Gasteiger partial charge >= 0.3 is 0 Å². The first-order valence-corrected chi connectivity index (χ1v) is 6.54. The summed E-state index contributed by atoms with van der Waals surface area (Å²) in [5, 5.41) is 21.4. The first-order valence-electron chi connectivity index (χ1n) is 6.01. The molecule has 0 unspecified atom stereocenters. The van der Waals surface area contributed by atoms with E-state index in [9.17, 15) is 15.0 Å². The average molecular weight is 272 g/mol. The normalized spacial score (nSPS) is 10.3. The molecule has 1 amide bonds. The first kappa shape index (κ1) is 14.6. The zero-order valence-corrected chi connectivity index (χ0v) is 10.9. The number of unbranched alkanes of at least 4 members (excludes halogenated alkanes) is 3. The molecular formula is C13H18ClNO3. The summed E-state index contributed by atoms with van der Waals surface area (Å²) < 4.78 is 0. The Morgan fingerprint density at radius 1 is 1.17 bits per heavy atom. The van der Waals surface area contributed by atoms with Crippen LogP contribution in [0.1, 0.15) is 36.0 Å². The summed E-state index contributed by atoms with van der Waals surface area (Å²) in [5.41, 5.74) is 0.0933. The fraction of sp³-hybridized carbons (Fsp3) is 0.462. The minimum atomic E-state index is -0.374. The summed E-state index contributed by atoms with van der Waals surface area (Å²) in [6, 6.07) is 3.88. The number of phenolic OH excluding ortho intramolecular Hbond substituents is 2. The van der Waals surface area contributed by atoms with Crippen LogP contribution in [0.5, 0.6) is 11.5 Å². The number of amides is 1. The second-order valence-electron chi connectivity index (χ2n) is 4.06. The number of aromatic hydroxyl groups is 2. The zero-order chi connectivity index (χ0) is 13.4. The summed E-state index contributed by atoms with van der Waals surface area (Å²) in [4.78, 5) is 11.7. The Balaban J connectivity index is 2.34. The van der Waals surface area contributed by atoms with Crippen molar-refractivity contribution in [3.05, 3.63) is 23.8 Å². The maximum absolute atomic E-state index is 11.7. The molecule has 1 aromatic carbocycles.